The van der Waals surface area contributed by atoms with Gasteiger partial charge in [-0.25, -0.2) is 9.59 Å². The number of carbonyl (C=O) groups excluding carboxylic acids is 3. The molecule has 2 N–H and O–H groups in total. The van der Waals surface area contributed by atoms with Gasteiger partial charge in [-0.1, -0.05) is 36.4 Å². The summed E-state index contributed by atoms with van der Waals surface area (Å²) in [6.07, 6.45) is -1.22. The van der Waals surface area contributed by atoms with E-state index in [1.54, 1.807) is 57.2 Å². The molecule has 1 aliphatic heterocycles. The number of benzene rings is 2. The third-order valence-corrected chi connectivity index (χ3v) is 5.84. The first-order valence-electron chi connectivity index (χ1n) is 10.2. The van der Waals surface area contributed by atoms with Crippen molar-refractivity contribution < 1.29 is 24.7 Å². The zero-order valence-corrected chi connectivity index (χ0v) is 18.7. The maximum absolute atomic E-state index is 13.5. The van der Waals surface area contributed by atoms with Crippen LogP contribution in [0.2, 0.25) is 0 Å². The van der Waals surface area contributed by atoms with Gasteiger partial charge in [0.25, 0.3) is 0 Å². The normalized spacial score (nSPS) is 18.4. The molecule has 0 aromatic heterocycles. The fraction of sp³-hybridized carbons (Fsp3) is 0.348. The lowest BCUT2D eigenvalue weighted by Gasteiger charge is -2.40. The Morgan fingerprint density at radius 2 is 1.66 bits per heavy atom. The number of nitrogens with zero attached hydrogens (tertiary/aromatic N) is 3. The zero-order valence-electron chi connectivity index (χ0n) is 18.7. The minimum absolute atomic E-state index is 0.443. The predicted molar refractivity (Wildman–Crippen MR) is 117 cm³/mol. The van der Waals surface area contributed by atoms with Gasteiger partial charge < -0.3 is 20.1 Å². The van der Waals surface area contributed by atoms with Gasteiger partial charge in [-0.3, -0.25) is 10.1 Å². The quantitative estimate of drug-likeness (QED) is 0.549. The van der Waals surface area contributed by atoms with E-state index in [2.05, 4.69) is 5.32 Å². The van der Waals surface area contributed by atoms with E-state index >= 15 is 0 Å². The van der Waals surface area contributed by atoms with Crippen LogP contribution in [0.4, 0.5) is 21.0 Å². The number of carboxylic acids is 1. The molecule has 4 amide bonds. The molecule has 0 aliphatic carbocycles. The number of hydrogen-bond donors (Lipinski definition) is 2. The van der Waals surface area contributed by atoms with Crippen LogP contribution in [0.15, 0.2) is 48.5 Å². The molecule has 170 valence electrons. The molecule has 2 aromatic rings. The highest BCUT2D eigenvalue weighted by Crippen LogP contribution is 2.40. The number of carbonyl (C=O) groups is 3. The molecule has 32 heavy (non-hydrogen) atoms. The third kappa shape index (κ3) is 3.87. The molecular weight excluding hydrogens is 412 g/mol. The van der Waals surface area contributed by atoms with Crippen LogP contribution in [0.5, 0.6) is 0 Å². The van der Waals surface area contributed by atoms with Gasteiger partial charge in [-0.2, -0.15) is 5.06 Å². The maximum atomic E-state index is 13.5. The summed E-state index contributed by atoms with van der Waals surface area (Å²) in [5.74, 6) is -1.44. The monoisotopic (exact) mass is 439 g/mol. The van der Waals surface area contributed by atoms with Gasteiger partial charge in [0.1, 0.15) is 0 Å². The summed E-state index contributed by atoms with van der Waals surface area (Å²) in [6.45, 7) is 8.12. The first kappa shape index (κ1) is 23.1. The summed E-state index contributed by atoms with van der Waals surface area (Å²) in [5.41, 5.74) is 1.18. The molecule has 2 aromatic carbocycles. The Bertz CT molecular complexity index is 1050. The summed E-state index contributed by atoms with van der Waals surface area (Å²) >= 11 is 0. The molecule has 1 heterocycles. The van der Waals surface area contributed by atoms with Gasteiger partial charge >= 0.3 is 12.1 Å². The van der Waals surface area contributed by atoms with E-state index in [1.165, 1.54) is 11.8 Å². The average molecular weight is 439 g/mol. The first-order valence-corrected chi connectivity index (χ1v) is 10.2. The predicted octanol–water partition coefficient (Wildman–Crippen LogP) is 2.71. The Hall–Kier alpha value is -3.59. The van der Waals surface area contributed by atoms with Crippen LogP contribution in [0.3, 0.4) is 0 Å². The summed E-state index contributed by atoms with van der Waals surface area (Å²) in [6, 6.07) is 11.2. The van der Waals surface area contributed by atoms with Crippen LogP contribution in [0.1, 0.15) is 31.9 Å². The van der Waals surface area contributed by atoms with Crippen molar-refractivity contribution in [1.82, 2.24) is 9.96 Å². The molecule has 0 saturated carbocycles. The average Bonchev–Trinajstić information content (AvgIpc) is 2.93. The molecule has 0 spiro atoms. The maximum Gasteiger partial charge on any atom is 0.347 e. The second-order valence-corrected chi connectivity index (χ2v) is 8.42. The Labute approximate surface area is 186 Å². The van der Waals surface area contributed by atoms with Crippen LogP contribution in [0.25, 0.3) is 0 Å². The third-order valence-electron chi connectivity index (χ3n) is 5.84. The Morgan fingerprint density at radius 1 is 1.09 bits per heavy atom. The lowest BCUT2D eigenvalue weighted by molar-refractivity contribution is -0.311. The minimum atomic E-state index is -1.44. The number of urea groups is 2. The van der Waals surface area contributed by atoms with Crippen molar-refractivity contribution in [2.75, 3.05) is 10.2 Å². The van der Waals surface area contributed by atoms with Gasteiger partial charge in [0.05, 0.1) is 23.2 Å². The number of aliphatic carboxylic acids is 1. The molecular formula is C23H27N4O5-. The minimum Gasteiger partial charge on any atom is -0.548 e. The lowest BCUT2D eigenvalue weighted by Crippen LogP contribution is -2.60. The Kier molecular flexibility index (Phi) is 6.13. The second kappa shape index (κ2) is 8.51. The van der Waals surface area contributed by atoms with Crippen molar-refractivity contribution in [3.05, 3.63) is 59.7 Å². The SMILES string of the molecule is Cc1ccccc1NC(=O)N(O)[C@@H]1N(c2ccccc2C)C(=O)N([C@@H](C)C(=O)[O-])C1(C)C. The van der Waals surface area contributed by atoms with Crippen LogP contribution in [0, 0.1) is 13.8 Å². The molecule has 0 bridgehead atoms. The zero-order chi connectivity index (χ0) is 23.8. The molecule has 1 fully saturated rings. The standard InChI is InChI=1S/C23H28N4O5/c1-14-10-6-8-12-17(14)24-21(30)27(32)20-23(4,5)26(16(3)19(28)29)22(31)25(20)18-13-9-7-11-15(18)2/h6-13,16,20,32H,1-5H3,(H,24,30)(H,28,29)/p-1/t16-,20-/m0/s1. The Balaban J connectivity index is 2.07. The van der Waals surface area contributed by atoms with Gasteiger partial charge in [0.2, 0.25) is 0 Å². The van der Waals surface area contributed by atoms with E-state index in [0.717, 1.165) is 16.0 Å². The van der Waals surface area contributed by atoms with Crippen molar-refractivity contribution >= 4 is 29.4 Å². The first-order chi connectivity index (χ1) is 15.0. The number of para-hydroxylation sites is 2. The van der Waals surface area contributed by atoms with Crippen LogP contribution >= 0.6 is 0 Å². The topological polar surface area (TPSA) is 116 Å². The highest BCUT2D eigenvalue weighted by atomic mass is 16.5. The smallest absolute Gasteiger partial charge is 0.347 e. The van der Waals surface area contributed by atoms with Crippen molar-refractivity contribution in [2.45, 2.75) is 52.4 Å². The van der Waals surface area contributed by atoms with E-state index in [-0.39, 0.29) is 0 Å². The van der Waals surface area contributed by atoms with Crippen molar-refractivity contribution in [1.29, 1.82) is 0 Å². The number of anilines is 2. The Morgan fingerprint density at radius 3 is 2.22 bits per heavy atom. The molecule has 9 heteroatoms. The summed E-state index contributed by atoms with van der Waals surface area (Å²) in [4.78, 5) is 40.5. The lowest BCUT2D eigenvalue weighted by atomic mass is 9.98. The van der Waals surface area contributed by atoms with Crippen molar-refractivity contribution in [3.8, 4) is 0 Å². The fourth-order valence-corrected chi connectivity index (χ4v) is 4.15. The molecule has 9 nitrogen and oxygen atoms in total. The highest BCUT2D eigenvalue weighted by Gasteiger charge is 2.57. The number of hydroxylamine groups is 2. The molecule has 0 unspecified atom stereocenters. The molecule has 1 aliphatic rings. The molecule has 3 rings (SSSR count). The number of amides is 4. The molecule has 2 atom stereocenters. The van der Waals surface area contributed by atoms with E-state index in [9.17, 15) is 24.7 Å². The number of aryl methyl sites for hydroxylation is 2. The number of nitrogens with one attached hydrogen (secondary N) is 1. The van der Waals surface area contributed by atoms with Crippen LogP contribution < -0.4 is 15.3 Å². The van der Waals surface area contributed by atoms with Crippen LogP contribution in [-0.2, 0) is 4.79 Å². The second-order valence-electron chi connectivity index (χ2n) is 8.42. The van der Waals surface area contributed by atoms with E-state index in [1.807, 2.05) is 19.1 Å². The van der Waals surface area contributed by atoms with Gasteiger partial charge in [0.15, 0.2) is 6.17 Å². The van der Waals surface area contributed by atoms with E-state index < -0.39 is 35.8 Å². The summed E-state index contributed by atoms with van der Waals surface area (Å²) in [5, 5.41) is 25.7. The molecule has 1 saturated heterocycles. The number of hydrogen-bond acceptors (Lipinski definition) is 5. The van der Waals surface area contributed by atoms with Crippen molar-refractivity contribution in [3.63, 3.8) is 0 Å². The molecule has 0 radical (unpaired) electrons. The summed E-state index contributed by atoms with van der Waals surface area (Å²) in [7, 11) is 0. The van der Waals surface area contributed by atoms with Gasteiger partial charge in [0, 0.05) is 5.69 Å². The van der Waals surface area contributed by atoms with Gasteiger partial charge in [-0.05, 0) is 57.9 Å². The van der Waals surface area contributed by atoms with E-state index in [0.29, 0.717) is 16.4 Å². The highest BCUT2D eigenvalue weighted by molar-refractivity contribution is 6.00. The van der Waals surface area contributed by atoms with Crippen LogP contribution in [-0.4, -0.2) is 50.9 Å². The number of rotatable bonds is 5. The van der Waals surface area contributed by atoms with Crippen molar-refractivity contribution in [2.24, 2.45) is 0 Å². The fourth-order valence-electron chi connectivity index (χ4n) is 4.15. The summed E-state index contributed by atoms with van der Waals surface area (Å²) < 4.78 is 0. The largest absolute Gasteiger partial charge is 0.548 e. The van der Waals surface area contributed by atoms with E-state index in [4.69, 9.17) is 0 Å². The van der Waals surface area contributed by atoms with Gasteiger partial charge in [-0.15, -0.1) is 0 Å². The number of carboxylic acid groups (broad SMARTS) is 1.